The summed E-state index contributed by atoms with van der Waals surface area (Å²) in [7, 11) is 0. The molecule has 74 valence electrons. The van der Waals surface area contributed by atoms with E-state index in [1.54, 1.807) is 0 Å². The molecule has 0 saturated heterocycles. The summed E-state index contributed by atoms with van der Waals surface area (Å²) >= 11 is 3.40. The molecule has 3 nitrogen and oxygen atoms in total. The summed E-state index contributed by atoms with van der Waals surface area (Å²) in [4.78, 5) is 10.5. The molecule has 1 atom stereocenters. The number of nitrogens with one attached hydrogen (secondary N) is 1. The van der Waals surface area contributed by atoms with Gasteiger partial charge < -0.3 is 10.4 Å². The van der Waals surface area contributed by atoms with Crippen LogP contribution in [0.1, 0.15) is 23.6 Å². The van der Waals surface area contributed by atoms with Gasteiger partial charge in [0.05, 0.1) is 6.04 Å². The van der Waals surface area contributed by atoms with Gasteiger partial charge in [-0.15, -0.1) is 0 Å². The highest BCUT2D eigenvalue weighted by molar-refractivity contribution is 9.10. The molecule has 1 aromatic rings. The first-order chi connectivity index (χ1) is 6.66. The summed E-state index contributed by atoms with van der Waals surface area (Å²) in [6.45, 7) is 0. The maximum atomic E-state index is 10.5. The van der Waals surface area contributed by atoms with E-state index < -0.39 is 6.09 Å². The van der Waals surface area contributed by atoms with Crippen LogP contribution >= 0.6 is 15.9 Å². The molecular weight excluding hydrogens is 246 g/mol. The lowest BCUT2D eigenvalue weighted by atomic mass is 10.1. The topological polar surface area (TPSA) is 49.3 Å². The van der Waals surface area contributed by atoms with Gasteiger partial charge in [0.15, 0.2) is 0 Å². The van der Waals surface area contributed by atoms with Crippen LogP contribution in [0.25, 0.3) is 0 Å². The molecule has 0 saturated carbocycles. The van der Waals surface area contributed by atoms with Crippen molar-refractivity contribution in [2.75, 3.05) is 0 Å². The normalized spacial score (nSPS) is 19.1. The first-order valence-corrected chi connectivity index (χ1v) is 5.24. The van der Waals surface area contributed by atoms with Crippen LogP contribution in [0.5, 0.6) is 0 Å². The standard InChI is InChI=1S/C10H10BrNO2/c11-7-2-3-8-6(5-7)1-4-9(8)12-10(13)14/h2-3,5,9,12H,1,4H2,(H,13,14). The monoisotopic (exact) mass is 255 g/mol. The molecule has 4 heteroatoms. The third-order valence-corrected chi connectivity index (χ3v) is 2.97. The molecule has 2 rings (SSSR count). The number of rotatable bonds is 1. The highest BCUT2D eigenvalue weighted by Crippen LogP contribution is 2.32. The number of fused-ring (bicyclic) bond motifs is 1. The van der Waals surface area contributed by atoms with Crippen LogP contribution in [0.15, 0.2) is 22.7 Å². The lowest BCUT2D eigenvalue weighted by Crippen LogP contribution is -2.24. The molecule has 2 N–H and O–H groups in total. The summed E-state index contributed by atoms with van der Waals surface area (Å²) in [6.07, 6.45) is 0.850. The van der Waals surface area contributed by atoms with Crippen LogP contribution in [-0.4, -0.2) is 11.2 Å². The van der Waals surface area contributed by atoms with Crippen molar-refractivity contribution in [2.24, 2.45) is 0 Å². The van der Waals surface area contributed by atoms with E-state index in [1.807, 2.05) is 12.1 Å². The number of benzene rings is 1. The summed E-state index contributed by atoms with van der Waals surface area (Å²) < 4.78 is 1.05. The van der Waals surface area contributed by atoms with Gasteiger partial charge in [0.25, 0.3) is 0 Å². The van der Waals surface area contributed by atoms with Gasteiger partial charge in [-0.25, -0.2) is 4.79 Å². The van der Waals surface area contributed by atoms with E-state index in [2.05, 4.69) is 27.3 Å². The lowest BCUT2D eigenvalue weighted by molar-refractivity contribution is 0.190. The van der Waals surface area contributed by atoms with Gasteiger partial charge in [-0.2, -0.15) is 0 Å². The fourth-order valence-corrected chi connectivity index (χ4v) is 2.29. The first kappa shape index (κ1) is 9.52. The van der Waals surface area contributed by atoms with Crippen molar-refractivity contribution in [1.82, 2.24) is 5.32 Å². The Morgan fingerprint density at radius 2 is 2.36 bits per heavy atom. The molecule has 1 aliphatic carbocycles. The van der Waals surface area contributed by atoms with Gasteiger partial charge in [-0.3, -0.25) is 0 Å². The predicted octanol–water partition coefficient (Wildman–Crippen LogP) is 2.70. The molecule has 0 bridgehead atoms. The molecule has 0 aromatic heterocycles. The van der Waals surface area contributed by atoms with E-state index >= 15 is 0 Å². The molecular formula is C10H10BrNO2. The largest absolute Gasteiger partial charge is 0.465 e. The Balaban J connectivity index is 2.26. The molecule has 14 heavy (non-hydrogen) atoms. The van der Waals surface area contributed by atoms with Crippen LogP contribution in [0.4, 0.5) is 4.79 Å². The van der Waals surface area contributed by atoms with E-state index in [0.717, 1.165) is 22.9 Å². The highest BCUT2D eigenvalue weighted by Gasteiger charge is 2.23. The zero-order chi connectivity index (χ0) is 10.1. The van der Waals surface area contributed by atoms with Crippen molar-refractivity contribution in [1.29, 1.82) is 0 Å². The van der Waals surface area contributed by atoms with Crippen LogP contribution in [0, 0.1) is 0 Å². The number of carbonyl (C=O) groups is 1. The average Bonchev–Trinajstić information content (AvgIpc) is 2.47. The van der Waals surface area contributed by atoms with Crippen LogP contribution in [0.2, 0.25) is 0 Å². The molecule has 1 unspecified atom stereocenters. The minimum absolute atomic E-state index is 0.0319. The summed E-state index contributed by atoms with van der Waals surface area (Å²) in [5, 5.41) is 11.2. The third kappa shape index (κ3) is 1.75. The van der Waals surface area contributed by atoms with E-state index in [4.69, 9.17) is 5.11 Å². The van der Waals surface area contributed by atoms with Gasteiger partial charge in [0, 0.05) is 4.47 Å². The van der Waals surface area contributed by atoms with Crippen molar-refractivity contribution in [3.63, 3.8) is 0 Å². The average molecular weight is 256 g/mol. The first-order valence-electron chi connectivity index (χ1n) is 4.44. The molecule has 1 amide bonds. The fraction of sp³-hybridized carbons (Fsp3) is 0.300. The van der Waals surface area contributed by atoms with Crippen LogP contribution in [0.3, 0.4) is 0 Å². The zero-order valence-corrected chi connectivity index (χ0v) is 9.04. The number of amides is 1. The molecule has 0 spiro atoms. The van der Waals surface area contributed by atoms with Crippen molar-refractivity contribution in [3.05, 3.63) is 33.8 Å². The van der Waals surface area contributed by atoms with Crippen LogP contribution < -0.4 is 5.32 Å². The summed E-state index contributed by atoms with van der Waals surface area (Å²) in [5.41, 5.74) is 2.34. The number of hydrogen-bond donors (Lipinski definition) is 2. The molecule has 0 aliphatic heterocycles. The fourth-order valence-electron chi connectivity index (χ4n) is 1.89. The van der Waals surface area contributed by atoms with Crippen LogP contribution in [-0.2, 0) is 6.42 Å². The SMILES string of the molecule is O=C(O)NC1CCc2cc(Br)ccc21. The van der Waals surface area contributed by atoms with Gasteiger partial charge in [0.2, 0.25) is 0 Å². The molecule has 0 radical (unpaired) electrons. The Hall–Kier alpha value is -1.03. The van der Waals surface area contributed by atoms with Crippen molar-refractivity contribution in [2.45, 2.75) is 18.9 Å². The number of aryl methyl sites for hydroxylation is 1. The summed E-state index contributed by atoms with van der Waals surface area (Å²) in [6, 6.07) is 5.95. The van der Waals surface area contributed by atoms with E-state index in [9.17, 15) is 4.79 Å². The van der Waals surface area contributed by atoms with Crippen molar-refractivity contribution in [3.8, 4) is 0 Å². The molecule has 0 heterocycles. The zero-order valence-electron chi connectivity index (χ0n) is 7.46. The second kappa shape index (κ2) is 3.61. The Kier molecular flexibility index (Phi) is 2.46. The minimum Gasteiger partial charge on any atom is -0.465 e. The molecule has 0 fully saturated rings. The van der Waals surface area contributed by atoms with Gasteiger partial charge in [-0.05, 0) is 36.1 Å². The smallest absolute Gasteiger partial charge is 0.405 e. The van der Waals surface area contributed by atoms with E-state index in [-0.39, 0.29) is 6.04 Å². The summed E-state index contributed by atoms with van der Waals surface area (Å²) in [5.74, 6) is 0. The second-order valence-electron chi connectivity index (χ2n) is 3.38. The quantitative estimate of drug-likeness (QED) is 0.811. The minimum atomic E-state index is -0.953. The lowest BCUT2D eigenvalue weighted by Gasteiger charge is -2.10. The van der Waals surface area contributed by atoms with Crippen molar-refractivity contribution >= 4 is 22.0 Å². The van der Waals surface area contributed by atoms with Gasteiger partial charge in [-0.1, -0.05) is 22.0 Å². The molecule has 1 aromatic carbocycles. The Morgan fingerprint density at radius 1 is 1.57 bits per heavy atom. The number of carboxylic acid groups (broad SMARTS) is 1. The van der Waals surface area contributed by atoms with Crippen molar-refractivity contribution < 1.29 is 9.90 Å². The number of halogens is 1. The maximum Gasteiger partial charge on any atom is 0.405 e. The maximum absolute atomic E-state index is 10.5. The van der Waals surface area contributed by atoms with E-state index in [1.165, 1.54) is 5.56 Å². The van der Waals surface area contributed by atoms with Gasteiger partial charge >= 0.3 is 6.09 Å². The predicted molar refractivity (Wildman–Crippen MR) is 56.4 cm³/mol. The second-order valence-corrected chi connectivity index (χ2v) is 4.30. The third-order valence-electron chi connectivity index (χ3n) is 2.48. The highest BCUT2D eigenvalue weighted by atomic mass is 79.9. The Bertz CT molecular complexity index is 378. The number of hydrogen-bond acceptors (Lipinski definition) is 1. The molecule has 1 aliphatic rings. The Morgan fingerprint density at radius 3 is 3.07 bits per heavy atom. The van der Waals surface area contributed by atoms with Gasteiger partial charge in [0.1, 0.15) is 0 Å². The van der Waals surface area contributed by atoms with E-state index in [0.29, 0.717) is 0 Å². The Labute approximate surface area is 90.3 Å².